The van der Waals surface area contributed by atoms with Gasteiger partial charge in [0.2, 0.25) is 0 Å². The zero-order valence-corrected chi connectivity index (χ0v) is 7.25. The first-order chi connectivity index (χ1) is 6.30. The van der Waals surface area contributed by atoms with E-state index in [4.69, 9.17) is 4.74 Å². The molecule has 0 saturated carbocycles. The molecule has 1 unspecified atom stereocenters. The number of epoxide rings is 1. The molecule has 1 fully saturated rings. The van der Waals surface area contributed by atoms with Gasteiger partial charge in [0.05, 0.1) is 6.61 Å². The van der Waals surface area contributed by atoms with E-state index in [0.717, 1.165) is 6.42 Å². The van der Waals surface area contributed by atoms with Crippen molar-refractivity contribution in [2.75, 3.05) is 6.61 Å². The molecular weight excluding hydrogens is 164 g/mol. The summed E-state index contributed by atoms with van der Waals surface area (Å²) in [5.41, 5.74) is 2.04. The first-order valence-electron chi connectivity index (χ1n) is 4.54. The summed E-state index contributed by atoms with van der Waals surface area (Å²) < 4.78 is 5.26. The molecule has 0 radical (unpaired) electrons. The van der Waals surface area contributed by atoms with Crippen LogP contribution >= 0.6 is 0 Å². The molecule has 1 aromatic carbocycles. The lowest BCUT2D eigenvalue weighted by Crippen LogP contribution is -2.33. The molecule has 1 saturated heterocycles. The van der Waals surface area contributed by atoms with Crippen molar-refractivity contribution in [1.29, 1.82) is 0 Å². The molecule has 2 aliphatic rings. The standard InChI is InChI=1S/C11H10O2/c12-10-5-8-3-1-2-4-9(8)6-11(10)7-13-11/h1-4H,5-7H2. The highest BCUT2D eigenvalue weighted by molar-refractivity contribution is 5.93. The second-order valence-electron chi connectivity index (χ2n) is 3.83. The van der Waals surface area contributed by atoms with Crippen LogP contribution in [0.5, 0.6) is 0 Å². The van der Waals surface area contributed by atoms with Crippen molar-refractivity contribution in [3.05, 3.63) is 35.4 Å². The third-order valence-corrected chi connectivity index (χ3v) is 2.95. The van der Waals surface area contributed by atoms with Gasteiger partial charge in [-0.15, -0.1) is 0 Å². The predicted molar refractivity (Wildman–Crippen MR) is 47.5 cm³/mol. The van der Waals surface area contributed by atoms with Crippen LogP contribution in [0.4, 0.5) is 0 Å². The highest BCUT2D eigenvalue weighted by Gasteiger charge is 2.53. The van der Waals surface area contributed by atoms with Crippen LogP contribution in [0.3, 0.4) is 0 Å². The molecule has 0 N–H and O–H groups in total. The van der Waals surface area contributed by atoms with E-state index < -0.39 is 5.60 Å². The third kappa shape index (κ3) is 0.954. The van der Waals surface area contributed by atoms with E-state index in [0.29, 0.717) is 13.0 Å². The molecule has 0 bridgehead atoms. The number of hydrogen-bond donors (Lipinski definition) is 0. The Kier molecular flexibility index (Phi) is 1.23. The summed E-state index contributed by atoms with van der Waals surface area (Å²) in [6.07, 6.45) is 1.33. The van der Waals surface area contributed by atoms with Crippen LogP contribution in [0.15, 0.2) is 24.3 Å². The van der Waals surface area contributed by atoms with Crippen molar-refractivity contribution in [3.8, 4) is 0 Å². The van der Waals surface area contributed by atoms with Gasteiger partial charge in [0.15, 0.2) is 11.4 Å². The minimum atomic E-state index is -0.408. The maximum absolute atomic E-state index is 11.6. The van der Waals surface area contributed by atoms with E-state index in [1.165, 1.54) is 11.1 Å². The van der Waals surface area contributed by atoms with Gasteiger partial charge in [0, 0.05) is 12.8 Å². The van der Waals surface area contributed by atoms with Crippen molar-refractivity contribution in [2.24, 2.45) is 0 Å². The maximum Gasteiger partial charge on any atom is 0.171 e. The van der Waals surface area contributed by atoms with Crippen molar-refractivity contribution >= 4 is 5.78 Å². The molecule has 1 aliphatic carbocycles. The Hall–Kier alpha value is -1.15. The highest BCUT2D eigenvalue weighted by atomic mass is 16.6. The van der Waals surface area contributed by atoms with Gasteiger partial charge in [-0.2, -0.15) is 0 Å². The quantitative estimate of drug-likeness (QED) is 0.552. The minimum Gasteiger partial charge on any atom is -0.361 e. The van der Waals surface area contributed by atoms with E-state index in [9.17, 15) is 4.79 Å². The molecule has 1 spiro atoms. The van der Waals surface area contributed by atoms with Gasteiger partial charge in [0.1, 0.15) is 0 Å². The normalized spacial score (nSPS) is 30.3. The number of hydrogen-bond acceptors (Lipinski definition) is 2. The Balaban J connectivity index is 2.07. The number of ketones is 1. The zero-order valence-electron chi connectivity index (χ0n) is 7.25. The molecule has 0 amide bonds. The van der Waals surface area contributed by atoms with Gasteiger partial charge < -0.3 is 4.74 Å². The van der Waals surface area contributed by atoms with E-state index >= 15 is 0 Å². The molecule has 1 heterocycles. The number of rotatable bonds is 0. The van der Waals surface area contributed by atoms with E-state index in [2.05, 4.69) is 6.07 Å². The number of ether oxygens (including phenoxy) is 1. The fourth-order valence-corrected chi connectivity index (χ4v) is 1.99. The molecular formula is C11H10O2. The SMILES string of the molecule is O=C1Cc2ccccc2CC12CO2. The van der Waals surface area contributed by atoms with Gasteiger partial charge in [-0.1, -0.05) is 24.3 Å². The molecule has 2 nitrogen and oxygen atoms in total. The van der Waals surface area contributed by atoms with Crippen molar-refractivity contribution in [3.63, 3.8) is 0 Å². The molecule has 1 aliphatic heterocycles. The first kappa shape index (κ1) is 7.27. The summed E-state index contributed by atoms with van der Waals surface area (Å²) in [6, 6.07) is 8.12. The average Bonchev–Trinajstić information content (AvgIpc) is 2.88. The number of carbonyl (C=O) groups is 1. The van der Waals surface area contributed by atoms with Crippen molar-refractivity contribution in [1.82, 2.24) is 0 Å². The lowest BCUT2D eigenvalue weighted by molar-refractivity contribution is -0.123. The van der Waals surface area contributed by atoms with Gasteiger partial charge in [-0.25, -0.2) is 0 Å². The van der Waals surface area contributed by atoms with Crippen molar-refractivity contribution in [2.45, 2.75) is 18.4 Å². The monoisotopic (exact) mass is 174 g/mol. The van der Waals surface area contributed by atoms with Crippen molar-refractivity contribution < 1.29 is 9.53 Å². The summed E-state index contributed by atoms with van der Waals surface area (Å²) in [7, 11) is 0. The van der Waals surface area contributed by atoms with Gasteiger partial charge >= 0.3 is 0 Å². The Labute approximate surface area is 76.5 Å². The van der Waals surface area contributed by atoms with Gasteiger partial charge in [0.25, 0.3) is 0 Å². The molecule has 66 valence electrons. The lowest BCUT2D eigenvalue weighted by atomic mass is 9.83. The smallest absolute Gasteiger partial charge is 0.171 e. The number of benzene rings is 1. The highest BCUT2D eigenvalue weighted by Crippen LogP contribution is 2.37. The third-order valence-electron chi connectivity index (χ3n) is 2.95. The summed E-state index contributed by atoms with van der Waals surface area (Å²) >= 11 is 0. The largest absolute Gasteiger partial charge is 0.361 e. The Morgan fingerprint density at radius 3 is 2.62 bits per heavy atom. The summed E-state index contributed by atoms with van der Waals surface area (Å²) in [5, 5.41) is 0. The second kappa shape index (κ2) is 2.20. The summed E-state index contributed by atoms with van der Waals surface area (Å²) in [4.78, 5) is 11.6. The Morgan fingerprint density at radius 1 is 1.23 bits per heavy atom. The lowest BCUT2D eigenvalue weighted by Gasteiger charge is -2.19. The molecule has 1 atom stereocenters. The summed E-state index contributed by atoms with van der Waals surface area (Å²) in [5.74, 6) is 0.256. The fourth-order valence-electron chi connectivity index (χ4n) is 1.99. The number of Topliss-reactive ketones (excluding diaryl/α,β-unsaturated/α-hetero) is 1. The average molecular weight is 174 g/mol. The fraction of sp³-hybridized carbons (Fsp3) is 0.364. The van der Waals surface area contributed by atoms with E-state index in [-0.39, 0.29) is 5.78 Å². The number of fused-ring (bicyclic) bond motifs is 1. The van der Waals surface area contributed by atoms with Crippen LogP contribution in [0.25, 0.3) is 0 Å². The first-order valence-corrected chi connectivity index (χ1v) is 4.54. The van der Waals surface area contributed by atoms with Crippen LogP contribution < -0.4 is 0 Å². The van der Waals surface area contributed by atoms with Crippen LogP contribution in [0.2, 0.25) is 0 Å². The maximum atomic E-state index is 11.6. The van der Waals surface area contributed by atoms with Gasteiger partial charge in [-0.3, -0.25) is 4.79 Å². The minimum absolute atomic E-state index is 0.256. The van der Waals surface area contributed by atoms with E-state index in [1.807, 2.05) is 18.2 Å². The molecule has 1 aromatic rings. The molecule has 3 rings (SSSR count). The van der Waals surface area contributed by atoms with Crippen LogP contribution in [-0.2, 0) is 22.4 Å². The number of carbonyl (C=O) groups excluding carboxylic acids is 1. The molecule has 0 aromatic heterocycles. The Bertz CT molecular complexity index is 377. The van der Waals surface area contributed by atoms with Crippen LogP contribution in [0.1, 0.15) is 11.1 Å². The van der Waals surface area contributed by atoms with Crippen LogP contribution in [-0.4, -0.2) is 18.0 Å². The van der Waals surface area contributed by atoms with Gasteiger partial charge in [-0.05, 0) is 11.1 Å². The zero-order chi connectivity index (χ0) is 8.89. The topological polar surface area (TPSA) is 29.6 Å². The van der Waals surface area contributed by atoms with Crippen LogP contribution in [0, 0.1) is 0 Å². The molecule has 2 heteroatoms. The van der Waals surface area contributed by atoms with E-state index in [1.54, 1.807) is 0 Å². The summed E-state index contributed by atoms with van der Waals surface area (Å²) in [6.45, 7) is 0.625. The Morgan fingerprint density at radius 2 is 1.92 bits per heavy atom. The second-order valence-corrected chi connectivity index (χ2v) is 3.83. The molecule has 13 heavy (non-hydrogen) atoms. The predicted octanol–water partition coefficient (Wildman–Crippen LogP) is 1.12.